The molecule has 3 rings (SSSR count). The van der Waals surface area contributed by atoms with Crippen LogP contribution in [0.3, 0.4) is 0 Å². The van der Waals surface area contributed by atoms with Gasteiger partial charge in [-0.05, 0) is 24.3 Å². The lowest BCUT2D eigenvalue weighted by atomic mass is 10.1. The summed E-state index contributed by atoms with van der Waals surface area (Å²) in [7, 11) is 1.53. The van der Waals surface area contributed by atoms with Crippen LogP contribution in [0, 0.1) is 5.82 Å². The lowest BCUT2D eigenvalue weighted by molar-refractivity contribution is 0.413. The molecule has 0 unspecified atom stereocenters. The van der Waals surface area contributed by atoms with Crippen LogP contribution in [-0.2, 0) is 0 Å². The number of nitrogens with zero attached hydrogens (tertiary/aromatic N) is 1. The maximum atomic E-state index is 14.1. The molecule has 0 spiro atoms. The molecule has 106 valence electrons. The number of thiazole rings is 1. The van der Waals surface area contributed by atoms with Crippen LogP contribution in [0.5, 0.6) is 5.75 Å². The van der Waals surface area contributed by atoms with Gasteiger partial charge in [0, 0.05) is 15.4 Å². The minimum atomic E-state index is -0.328. The Morgan fingerprint density at radius 3 is 2.62 bits per heavy atom. The first kappa shape index (κ1) is 14.2. The molecule has 0 bridgehead atoms. The highest BCUT2D eigenvalue weighted by atomic mass is 79.9. The molecule has 1 heterocycles. The summed E-state index contributed by atoms with van der Waals surface area (Å²) in [6, 6.07) is 12.6. The third kappa shape index (κ3) is 2.84. The molecule has 0 saturated carbocycles. The Morgan fingerprint density at radius 1 is 1.14 bits per heavy atom. The number of rotatable bonds is 3. The number of benzene rings is 2. The summed E-state index contributed by atoms with van der Waals surface area (Å²) in [5.41, 5.74) is 2.23. The molecule has 0 aliphatic rings. The number of aromatic nitrogens is 1. The van der Waals surface area contributed by atoms with E-state index in [1.807, 2.05) is 29.6 Å². The van der Waals surface area contributed by atoms with Crippen molar-refractivity contribution in [2.75, 3.05) is 7.11 Å². The van der Waals surface area contributed by atoms with Crippen LogP contribution in [-0.4, -0.2) is 12.1 Å². The lowest BCUT2D eigenvalue weighted by Gasteiger charge is -2.06. The average Bonchev–Trinajstić information content (AvgIpc) is 2.97. The fraction of sp³-hybridized carbons (Fsp3) is 0.0625. The summed E-state index contributed by atoms with van der Waals surface area (Å²) >= 11 is 4.81. The standard InChI is InChI=1S/C16H11BrFNOS/c1-20-14-4-2-3-12(18)15(14)16-19-13(9-21-16)10-5-7-11(17)8-6-10/h2-9H,1H3. The fourth-order valence-electron chi connectivity index (χ4n) is 2.02. The van der Waals surface area contributed by atoms with Crippen molar-refractivity contribution in [1.29, 1.82) is 0 Å². The van der Waals surface area contributed by atoms with Crippen LogP contribution >= 0.6 is 27.3 Å². The van der Waals surface area contributed by atoms with Crippen LogP contribution in [0.15, 0.2) is 52.3 Å². The molecule has 0 fully saturated rings. The second-order valence-electron chi connectivity index (χ2n) is 4.36. The van der Waals surface area contributed by atoms with Crippen LogP contribution < -0.4 is 4.74 Å². The lowest BCUT2D eigenvalue weighted by Crippen LogP contribution is -1.91. The first-order valence-corrected chi connectivity index (χ1v) is 7.90. The SMILES string of the molecule is COc1cccc(F)c1-c1nc(-c2ccc(Br)cc2)cs1. The Labute approximate surface area is 134 Å². The van der Waals surface area contributed by atoms with E-state index < -0.39 is 0 Å². The summed E-state index contributed by atoms with van der Waals surface area (Å²) < 4.78 is 20.3. The van der Waals surface area contributed by atoms with E-state index in [0.29, 0.717) is 16.3 Å². The molecule has 5 heteroatoms. The predicted molar refractivity (Wildman–Crippen MR) is 87.2 cm³/mol. The van der Waals surface area contributed by atoms with E-state index in [1.165, 1.54) is 24.5 Å². The first-order chi connectivity index (χ1) is 10.2. The molecule has 3 aromatic rings. The van der Waals surface area contributed by atoms with E-state index >= 15 is 0 Å². The van der Waals surface area contributed by atoms with Gasteiger partial charge in [-0.3, -0.25) is 0 Å². The molecule has 1 aromatic heterocycles. The fourth-order valence-corrected chi connectivity index (χ4v) is 3.17. The van der Waals surface area contributed by atoms with Gasteiger partial charge in [-0.2, -0.15) is 0 Å². The summed E-state index contributed by atoms with van der Waals surface area (Å²) in [4.78, 5) is 4.53. The highest BCUT2D eigenvalue weighted by molar-refractivity contribution is 9.10. The Bertz CT molecular complexity index is 770. The van der Waals surface area contributed by atoms with E-state index in [4.69, 9.17) is 4.74 Å². The van der Waals surface area contributed by atoms with Gasteiger partial charge in [0.1, 0.15) is 16.6 Å². The van der Waals surface area contributed by atoms with Crippen molar-refractivity contribution in [3.63, 3.8) is 0 Å². The third-order valence-corrected chi connectivity index (χ3v) is 4.44. The van der Waals surface area contributed by atoms with Gasteiger partial charge in [0.15, 0.2) is 0 Å². The van der Waals surface area contributed by atoms with Gasteiger partial charge in [0.2, 0.25) is 0 Å². The number of methoxy groups -OCH3 is 1. The summed E-state index contributed by atoms with van der Waals surface area (Å²) in [6.45, 7) is 0. The van der Waals surface area contributed by atoms with Crippen LogP contribution in [0.25, 0.3) is 21.8 Å². The Morgan fingerprint density at radius 2 is 1.90 bits per heavy atom. The van der Waals surface area contributed by atoms with Crippen molar-refractivity contribution < 1.29 is 9.13 Å². The zero-order valence-corrected chi connectivity index (χ0v) is 13.5. The van der Waals surface area contributed by atoms with Crippen molar-refractivity contribution in [3.05, 3.63) is 58.1 Å². The van der Waals surface area contributed by atoms with E-state index in [0.717, 1.165) is 15.7 Å². The molecule has 0 atom stereocenters. The number of hydrogen-bond donors (Lipinski definition) is 0. The molecule has 0 saturated heterocycles. The van der Waals surface area contributed by atoms with Crippen molar-refractivity contribution in [3.8, 4) is 27.6 Å². The molecule has 2 nitrogen and oxygen atoms in total. The number of ether oxygens (including phenoxy) is 1. The monoisotopic (exact) mass is 363 g/mol. The topological polar surface area (TPSA) is 22.1 Å². The number of halogens is 2. The maximum Gasteiger partial charge on any atom is 0.137 e. The third-order valence-electron chi connectivity index (χ3n) is 3.05. The average molecular weight is 364 g/mol. The van der Waals surface area contributed by atoms with E-state index in [2.05, 4.69) is 20.9 Å². The van der Waals surface area contributed by atoms with Crippen molar-refractivity contribution >= 4 is 27.3 Å². The van der Waals surface area contributed by atoms with Gasteiger partial charge in [0.05, 0.1) is 18.4 Å². The number of hydrogen-bond acceptors (Lipinski definition) is 3. The molecule has 0 radical (unpaired) electrons. The molecule has 0 aliphatic heterocycles. The zero-order chi connectivity index (χ0) is 14.8. The van der Waals surface area contributed by atoms with Gasteiger partial charge < -0.3 is 4.74 Å². The summed E-state index contributed by atoms with van der Waals surface area (Å²) in [5, 5.41) is 2.53. The molecule has 2 aromatic carbocycles. The van der Waals surface area contributed by atoms with Crippen LogP contribution in [0.4, 0.5) is 4.39 Å². The van der Waals surface area contributed by atoms with Crippen molar-refractivity contribution in [2.24, 2.45) is 0 Å². The Hall–Kier alpha value is -1.72. The molecule has 0 amide bonds. The molecule has 21 heavy (non-hydrogen) atoms. The van der Waals surface area contributed by atoms with Gasteiger partial charge in [-0.1, -0.05) is 34.1 Å². The minimum Gasteiger partial charge on any atom is -0.496 e. The molecule has 0 aliphatic carbocycles. The second kappa shape index (κ2) is 5.95. The molecular formula is C16H11BrFNOS. The van der Waals surface area contributed by atoms with Gasteiger partial charge in [-0.25, -0.2) is 9.37 Å². The highest BCUT2D eigenvalue weighted by Crippen LogP contribution is 2.36. The predicted octanol–water partition coefficient (Wildman–Crippen LogP) is 5.39. The van der Waals surface area contributed by atoms with E-state index in [9.17, 15) is 4.39 Å². The normalized spacial score (nSPS) is 10.6. The smallest absolute Gasteiger partial charge is 0.137 e. The van der Waals surface area contributed by atoms with Crippen molar-refractivity contribution in [2.45, 2.75) is 0 Å². The Balaban J connectivity index is 2.05. The van der Waals surface area contributed by atoms with Gasteiger partial charge in [0.25, 0.3) is 0 Å². The first-order valence-electron chi connectivity index (χ1n) is 6.23. The summed E-state index contributed by atoms with van der Waals surface area (Å²) in [5.74, 6) is 0.165. The van der Waals surface area contributed by atoms with Crippen LogP contribution in [0.2, 0.25) is 0 Å². The van der Waals surface area contributed by atoms with Gasteiger partial charge in [-0.15, -0.1) is 11.3 Å². The van der Waals surface area contributed by atoms with Gasteiger partial charge >= 0.3 is 0 Å². The largest absolute Gasteiger partial charge is 0.496 e. The minimum absolute atomic E-state index is 0.328. The van der Waals surface area contributed by atoms with Crippen molar-refractivity contribution in [1.82, 2.24) is 4.98 Å². The Kier molecular flexibility index (Phi) is 4.03. The van der Waals surface area contributed by atoms with E-state index in [1.54, 1.807) is 12.1 Å². The maximum absolute atomic E-state index is 14.1. The quantitative estimate of drug-likeness (QED) is 0.622. The zero-order valence-electron chi connectivity index (χ0n) is 11.1. The molecule has 0 N–H and O–H groups in total. The van der Waals surface area contributed by atoms with Crippen LogP contribution in [0.1, 0.15) is 0 Å². The van der Waals surface area contributed by atoms with E-state index in [-0.39, 0.29) is 5.82 Å². The second-order valence-corrected chi connectivity index (χ2v) is 6.14. The highest BCUT2D eigenvalue weighted by Gasteiger charge is 2.15. The molecular weight excluding hydrogens is 353 g/mol. The summed E-state index contributed by atoms with van der Waals surface area (Å²) in [6.07, 6.45) is 0.